The van der Waals surface area contributed by atoms with Crippen LogP contribution in [0.1, 0.15) is 26.2 Å². The largest absolute Gasteiger partial charge is 0.363 e. The molecule has 2 atom stereocenters. The number of sulfone groups is 1. The Morgan fingerprint density at radius 2 is 1.81 bits per heavy atom. The number of hydrogen-bond acceptors (Lipinski definition) is 8. The molecule has 0 bridgehead atoms. The highest BCUT2D eigenvalue weighted by Crippen LogP contribution is 2.34. The van der Waals surface area contributed by atoms with E-state index in [1.165, 1.54) is 22.5 Å². The van der Waals surface area contributed by atoms with Gasteiger partial charge in [-0.15, -0.1) is 0 Å². The van der Waals surface area contributed by atoms with Crippen LogP contribution in [0.15, 0.2) is 23.1 Å². The Morgan fingerprint density at radius 1 is 1.09 bits per heavy atom. The van der Waals surface area contributed by atoms with E-state index in [1.807, 2.05) is 11.8 Å². The van der Waals surface area contributed by atoms with E-state index < -0.39 is 24.8 Å². The first kappa shape index (κ1) is 23.4. The Bertz CT molecular complexity index is 1080. The van der Waals surface area contributed by atoms with E-state index in [0.29, 0.717) is 51.4 Å². The van der Waals surface area contributed by atoms with E-state index in [2.05, 4.69) is 4.90 Å². The predicted molar refractivity (Wildman–Crippen MR) is 121 cm³/mol. The first-order chi connectivity index (χ1) is 15.1. The first-order valence-electron chi connectivity index (χ1n) is 11.0. The van der Waals surface area contributed by atoms with Crippen LogP contribution in [-0.2, 0) is 19.9 Å². The molecule has 4 rings (SSSR count). The van der Waals surface area contributed by atoms with E-state index >= 15 is 0 Å². The van der Waals surface area contributed by atoms with Crippen LogP contribution in [0.2, 0.25) is 0 Å². The number of piperidine rings is 1. The minimum atomic E-state index is -3.78. The summed E-state index contributed by atoms with van der Waals surface area (Å²) in [6, 6.07) is 4.19. The topological polar surface area (TPSA) is 121 Å². The highest BCUT2D eigenvalue weighted by atomic mass is 32.2. The fourth-order valence-electron chi connectivity index (χ4n) is 4.98. The van der Waals surface area contributed by atoms with Gasteiger partial charge < -0.3 is 4.90 Å². The van der Waals surface area contributed by atoms with E-state index in [-0.39, 0.29) is 34.0 Å². The monoisotopic (exact) mass is 486 g/mol. The number of rotatable bonds is 5. The van der Waals surface area contributed by atoms with Gasteiger partial charge in [0.25, 0.3) is 5.69 Å². The zero-order valence-corrected chi connectivity index (χ0v) is 19.9. The van der Waals surface area contributed by atoms with Gasteiger partial charge in [-0.3, -0.25) is 15.0 Å². The molecule has 3 heterocycles. The molecule has 1 aromatic rings. The smallest absolute Gasteiger partial charge is 0.293 e. The van der Waals surface area contributed by atoms with Crippen LogP contribution >= 0.6 is 0 Å². The van der Waals surface area contributed by atoms with Gasteiger partial charge in [0, 0.05) is 51.4 Å². The third-order valence-corrected chi connectivity index (χ3v) is 10.4. The third kappa shape index (κ3) is 4.78. The van der Waals surface area contributed by atoms with Crippen molar-refractivity contribution in [2.75, 3.05) is 55.7 Å². The van der Waals surface area contributed by atoms with Gasteiger partial charge in [0.1, 0.15) is 5.69 Å². The fourth-order valence-corrected chi connectivity index (χ4v) is 8.36. The lowest BCUT2D eigenvalue weighted by molar-refractivity contribution is -0.384. The summed E-state index contributed by atoms with van der Waals surface area (Å²) in [4.78, 5) is 15.3. The van der Waals surface area contributed by atoms with Crippen LogP contribution in [0.5, 0.6) is 0 Å². The van der Waals surface area contributed by atoms with Crippen molar-refractivity contribution < 1.29 is 21.8 Å². The summed E-state index contributed by atoms with van der Waals surface area (Å²) in [7, 11) is -6.75. The Balaban J connectivity index is 1.51. The molecule has 0 amide bonds. The molecule has 0 aliphatic carbocycles. The van der Waals surface area contributed by atoms with Crippen molar-refractivity contribution in [3.63, 3.8) is 0 Å². The Morgan fingerprint density at radius 3 is 2.41 bits per heavy atom. The molecule has 0 spiro atoms. The molecule has 2 unspecified atom stereocenters. The molecule has 3 aliphatic heterocycles. The lowest BCUT2D eigenvalue weighted by Gasteiger charge is -2.38. The average Bonchev–Trinajstić information content (AvgIpc) is 3.13. The minimum Gasteiger partial charge on any atom is -0.363 e. The number of nitro benzene ring substituents is 1. The van der Waals surface area contributed by atoms with Crippen molar-refractivity contribution in [3.8, 4) is 0 Å². The van der Waals surface area contributed by atoms with Crippen LogP contribution in [0.25, 0.3) is 0 Å². The van der Waals surface area contributed by atoms with Gasteiger partial charge in [-0.25, -0.2) is 16.8 Å². The number of hydrogen-bond donors (Lipinski definition) is 0. The molecule has 3 fully saturated rings. The summed E-state index contributed by atoms with van der Waals surface area (Å²) < 4.78 is 51.1. The number of piperazine rings is 1. The molecule has 0 saturated carbocycles. The molecule has 32 heavy (non-hydrogen) atoms. The number of nitro groups is 1. The van der Waals surface area contributed by atoms with Crippen molar-refractivity contribution in [1.82, 2.24) is 9.21 Å². The number of sulfonamides is 1. The van der Waals surface area contributed by atoms with Crippen LogP contribution < -0.4 is 4.90 Å². The van der Waals surface area contributed by atoms with Gasteiger partial charge in [-0.05, 0) is 37.3 Å². The average molecular weight is 487 g/mol. The summed E-state index contributed by atoms with van der Waals surface area (Å²) in [5.74, 6) is 0.656. The molecule has 0 N–H and O–H groups in total. The van der Waals surface area contributed by atoms with E-state index in [9.17, 15) is 26.9 Å². The number of anilines is 1. The second-order valence-electron chi connectivity index (χ2n) is 9.10. The summed E-state index contributed by atoms with van der Waals surface area (Å²) in [5.41, 5.74) is 0.188. The van der Waals surface area contributed by atoms with E-state index in [1.54, 1.807) is 0 Å². The SMILES string of the molecule is CC1CCCN(S(=O)(=O)c2ccc(N3CCN(C4CCS(=O)(=O)C4)CC3)c([N+](=O)[O-])c2)C1. The zero-order chi connectivity index (χ0) is 23.1. The molecular formula is C20H30N4O6S2. The third-order valence-electron chi connectivity index (χ3n) is 6.78. The van der Waals surface area contributed by atoms with Crippen LogP contribution in [-0.4, -0.2) is 87.8 Å². The lowest BCUT2D eigenvalue weighted by atomic mass is 10.0. The van der Waals surface area contributed by atoms with Gasteiger partial charge in [-0.1, -0.05) is 6.92 Å². The van der Waals surface area contributed by atoms with Crippen molar-refractivity contribution in [1.29, 1.82) is 0 Å². The first-order valence-corrected chi connectivity index (χ1v) is 14.3. The molecule has 3 saturated heterocycles. The number of nitrogens with zero attached hydrogens (tertiary/aromatic N) is 4. The highest BCUT2D eigenvalue weighted by molar-refractivity contribution is 7.91. The van der Waals surface area contributed by atoms with Gasteiger partial charge in [-0.2, -0.15) is 4.31 Å². The maximum Gasteiger partial charge on any atom is 0.293 e. The Labute approximate surface area is 189 Å². The van der Waals surface area contributed by atoms with Crippen LogP contribution in [0.4, 0.5) is 11.4 Å². The van der Waals surface area contributed by atoms with Crippen LogP contribution in [0.3, 0.4) is 0 Å². The molecular weight excluding hydrogens is 456 g/mol. The van der Waals surface area contributed by atoms with E-state index in [4.69, 9.17) is 0 Å². The predicted octanol–water partition coefficient (Wildman–Crippen LogP) is 1.32. The molecule has 178 valence electrons. The van der Waals surface area contributed by atoms with Gasteiger partial charge >= 0.3 is 0 Å². The standard InChI is InChI=1S/C20H30N4O6S2/c1-16-3-2-7-23(14-16)32(29,30)18-4-5-19(20(13-18)24(25)26)22-10-8-21(9-11-22)17-6-12-31(27,28)15-17/h4-5,13,16-17H,2-3,6-12,14-15H2,1H3. The maximum absolute atomic E-state index is 13.1. The number of benzene rings is 1. The fraction of sp³-hybridized carbons (Fsp3) is 0.700. The summed E-state index contributed by atoms with van der Waals surface area (Å²) in [6.45, 7) is 5.14. The van der Waals surface area contributed by atoms with Crippen molar-refractivity contribution >= 4 is 31.2 Å². The maximum atomic E-state index is 13.1. The minimum absolute atomic E-state index is 0.0107. The summed E-state index contributed by atoms with van der Waals surface area (Å²) in [5, 5.41) is 11.8. The normalized spacial score (nSPS) is 27.5. The van der Waals surface area contributed by atoms with Crippen molar-refractivity contribution in [3.05, 3.63) is 28.3 Å². The Kier molecular flexibility index (Phi) is 6.49. The molecule has 0 aromatic heterocycles. The van der Waals surface area contributed by atoms with Gasteiger partial charge in [0.05, 0.1) is 21.3 Å². The second kappa shape index (κ2) is 8.88. The van der Waals surface area contributed by atoms with Gasteiger partial charge in [0.15, 0.2) is 9.84 Å². The lowest BCUT2D eigenvalue weighted by Crippen LogP contribution is -2.50. The van der Waals surface area contributed by atoms with Crippen molar-refractivity contribution in [2.24, 2.45) is 5.92 Å². The summed E-state index contributed by atoms with van der Waals surface area (Å²) >= 11 is 0. The highest BCUT2D eigenvalue weighted by Gasteiger charge is 2.35. The molecule has 10 nitrogen and oxygen atoms in total. The molecule has 12 heteroatoms. The van der Waals surface area contributed by atoms with Crippen molar-refractivity contribution in [2.45, 2.75) is 37.1 Å². The van der Waals surface area contributed by atoms with E-state index in [0.717, 1.165) is 12.8 Å². The molecule has 1 aromatic carbocycles. The molecule has 0 radical (unpaired) electrons. The van der Waals surface area contributed by atoms with Crippen LogP contribution in [0, 0.1) is 16.0 Å². The second-order valence-corrected chi connectivity index (χ2v) is 13.3. The quantitative estimate of drug-likeness (QED) is 0.451. The Hall–Kier alpha value is -1.76. The van der Waals surface area contributed by atoms with Gasteiger partial charge in [0.2, 0.25) is 10.0 Å². The molecule has 3 aliphatic rings. The summed E-state index contributed by atoms with van der Waals surface area (Å²) in [6.07, 6.45) is 2.39. The zero-order valence-electron chi connectivity index (χ0n) is 18.2.